The maximum atomic E-state index is 12.6. The molecule has 32 heavy (non-hydrogen) atoms. The second-order valence-corrected chi connectivity index (χ2v) is 8.26. The van der Waals surface area contributed by atoms with Gasteiger partial charge in [0.25, 0.3) is 11.5 Å². The van der Waals surface area contributed by atoms with Crippen molar-refractivity contribution < 1.29 is 9.53 Å². The Hall–Kier alpha value is -3.20. The Balaban J connectivity index is 1.43. The number of thiazole rings is 1. The van der Waals surface area contributed by atoms with Gasteiger partial charge in [0.05, 0.1) is 17.3 Å². The normalized spacial score (nSPS) is 10.7. The summed E-state index contributed by atoms with van der Waals surface area (Å²) in [5, 5.41) is 9.99. The van der Waals surface area contributed by atoms with Gasteiger partial charge in [0.1, 0.15) is 18.1 Å². The van der Waals surface area contributed by atoms with Gasteiger partial charge in [-0.3, -0.25) is 14.9 Å². The van der Waals surface area contributed by atoms with E-state index in [-0.39, 0.29) is 24.4 Å². The van der Waals surface area contributed by atoms with Crippen LogP contribution in [0.3, 0.4) is 0 Å². The number of aromatic nitrogens is 3. The summed E-state index contributed by atoms with van der Waals surface area (Å²) in [5.74, 6) is 0.209. The van der Waals surface area contributed by atoms with E-state index in [2.05, 4.69) is 15.4 Å². The van der Waals surface area contributed by atoms with Crippen molar-refractivity contribution in [1.82, 2.24) is 14.8 Å². The Labute approximate surface area is 197 Å². The van der Waals surface area contributed by atoms with Crippen molar-refractivity contribution in [2.45, 2.75) is 6.54 Å². The van der Waals surface area contributed by atoms with E-state index in [9.17, 15) is 9.59 Å². The highest BCUT2D eigenvalue weighted by molar-refractivity contribution is 7.14. The average Bonchev–Trinajstić information content (AvgIpc) is 3.23. The fourth-order valence-corrected chi connectivity index (χ4v) is 4.02. The minimum absolute atomic E-state index is 0.0885. The smallest absolute Gasteiger partial charge is 0.277 e. The zero-order valence-corrected chi connectivity index (χ0v) is 18.8. The number of nitrogens with zero attached hydrogens (tertiary/aromatic N) is 3. The lowest BCUT2D eigenvalue weighted by molar-refractivity contribution is 0.101. The van der Waals surface area contributed by atoms with E-state index in [0.717, 1.165) is 0 Å². The van der Waals surface area contributed by atoms with E-state index in [1.165, 1.54) is 28.2 Å². The number of para-hydroxylation sites is 1. The van der Waals surface area contributed by atoms with Crippen LogP contribution in [0, 0.1) is 0 Å². The van der Waals surface area contributed by atoms with Crippen LogP contribution in [-0.4, -0.2) is 27.3 Å². The molecular weight excluding hydrogens is 471 g/mol. The lowest BCUT2D eigenvalue weighted by Gasteiger charge is -2.08. The Morgan fingerprint density at radius 3 is 2.69 bits per heavy atom. The molecule has 1 N–H and O–H groups in total. The Morgan fingerprint density at radius 1 is 1.09 bits per heavy atom. The largest absolute Gasteiger partial charge is 0.492 e. The first kappa shape index (κ1) is 22.0. The predicted molar refractivity (Wildman–Crippen MR) is 126 cm³/mol. The number of hydrogen-bond donors (Lipinski definition) is 1. The van der Waals surface area contributed by atoms with E-state index in [1.807, 2.05) is 30.3 Å². The van der Waals surface area contributed by atoms with Crippen molar-refractivity contribution in [2.24, 2.45) is 0 Å². The zero-order valence-electron chi connectivity index (χ0n) is 16.5. The summed E-state index contributed by atoms with van der Waals surface area (Å²) in [6, 6.07) is 17.0. The molecule has 0 aliphatic rings. The van der Waals surface area contributed by atoms with Crippen LogP contribution in [0.5, 0.6) is 5.75 Å². The number of amides is 1. The van der Waals surface area contributed by atoms with Crippen LogP contribution in [0.1, 0.15) is 10.5 Å². The van der Waals surface area contributed by atoms with E-state index in [4.69, 9.17) is 27.9 Å². The van der Waals surface area contributed by atoms with E-state index in [0.29, 0.717) is 32.2 Å². The number of carbonyl (C=O) groups is 1. The maximum Gasteiger partial charge on any atom is 0.277 e. The molecule has 2 heterocycles. The molecule has 4 rings (SSSR count). The molecule has 0 aliphatic carbocycles. The molecule has 0 saturated heterocycles. The van der Waals surface area contributed by atoms with Gasteiger partial charge in [0.2, 0.25) is 0 Å². The molecule has 0 aliphatic heterocycles. The highest BCUT2D eigenvalue weighted by Gasteiger charge is 2.14. The minimum atomic E-state index is -0.481. The Kier molecular flexibility index (Phi) is 6.84. The van der Waals surface area contributed by atoms with Crippen molar-refractivity contribution in [3.05, 3.63) is 92.1 Å². The van der Waals surface area contributed by atoms with Gasteiger partial charge in [-0.1, -0.05) is 41.4 Å². The summed E-state index contributed by atoms with van der Waals surface area (Å²) >= 11 is 13.4. The van der Waals surface area contributed by atoms with Crippen LogP contribution in [0.2, 0.25) is 10.0 Å². The van der Waals surface area contributed by atoms with Gasteiger partial charge in [-0.25, -0.2) is 9.67 Å². The number of rotatable bonds is 7. The summed E-state index contributed by atoms with van der Waals surface area (Å²) in [7, 11) is 0. The zero-order chi connectivity index (χ0) is 22.5. The standard InChI is InChI=1S/C22H16Cl2N4O3S/c23-14-6-7-16(17(24)12-14)19-13-32-22(25-19)26-21(30)18-8-9-20(29)28(27-18)10-11-31-15-4-2-1-3-5-15/h1-9,12-13H,10-11H2,(H,25,26,30). The molecule has 0 atom stereocenters. The monoisotopic (exact) mass is 486 g/mol. The molecule has 0 unspecified atom stereocenters. The Bertz CT molecular complexity index is 1310. The molecule has 0 fully saturated rings. The third-order valence-corrected chi connectivity index (χ3v) is 5.65. The number of ether oxygens (including phenoxy) is 1. The molecule has 1 amide bonds. The van der Waals surface area contributed by atoms with E-state index < -0.39 is 5.91 Å². The number of hydrogen-bond acceptors (Lipinski definition) is 6. The average molecular weight is 487 g/mol. The van der Waals surface area contributed by atoms with Crippen LogP contribution >= 0.6 is 34.5 Å². The summed E-state index contributed by atoms with van der Waals surface area (Å²) in [5.41, 5.74) is 1.08. The summed E-state index contributed by atoms with van der Waals surface area (Å²) in [6.45, 7) is 0.436. The number of carbonyl (C=O) groups excluding carboxylic acids is 1. The second kappa shape index (κ2) is 9.95. The van der Waals surface area contributed by atoms with Crippen LogP contribution in [-0.2, 0) is 6.54 Å². The molecule has 4 aromatic rings. The molecule has 7 nitrogen and oxygen atoms in total. The lowest BCUT2D eigenvalue weighted by atomic mass is 10.2. The van der Waals surface area contributed by atoms with Crippen LogP contribution in [0.25, 0.3) is 11.3 Å². The third kappa shape index (κ3) is 5.34. The van der Waals surface area contributed by atoms with Crippen molar-refractivity contribution in [1.29, 1.82) is 0 Å². The minimum Gasteiger partial charge on any atom is -0.492 e. The maximum absolute atomic E-state index is 12.6. The van der Waals surface area contributed by atoms with Gasteiger partial charge in [-0.15, -0.1) is 11.3 Å². The molecular formula is C22H16Cl2N4O3S. The number of nitrogens with one attached hydrogen (secondary N) is 1. The molecule has 0 spiro atoms. The topological polar surface area (TPSA) is 86.1 Å². The van der Waals surface area contributed by atoms with Crippen molar-refractivity contribution in [3.8, 4) is 17.0 Å². The summed E-state index contributed by atoms with van der Waals surface area (Å²) in [6.07, 6.45) is 0. The molecule has 162 valence electrons. The Morgan fingerprint density at radius 2 is 1.91 bits per heavy atom. The first-order valence-corrected chi connectivity index (χ1v) is 11.1. The first-order chi connectivity index (χ1) is 15.5. The van der Waals surface area contributed by atoms with Gasteiger partial charge in [0.15, 0.2) is 5.13 Å². The molecule has 0 bridgehead atoms. The highest BCUT2D eigenvalue weighted by Crippen LogP contribution is 2.32. The molecule has 0 saturated carbocycles. The molecule has 0 radical (unpaired) electrons. The second-order valence-electron chi connectivity index (χ2n) is 6.56. The lowest BCUT2D eigenvalue weighted by Crippen LogP contribution is -2.28. The quantitative estimate of drug-likeness (QED) is 0.396. The molecule has 2 aromatic carbocycles. The van der Waals surface area contributed by atoms with Gasteiger partial charge in [0, 0.05) is 22.0 Å². The van der Waals surface area contributed by atoms with Gasteiger partial charge >= 0.3 is 0 Å². The van der Waals surface area contributed by atoms with Crippen LogP contribution in [0.15, 0.2) is 70.8 Å². The third-order valence-electron chi connectivity index (χ3n) is 4.35. The van der Waals surface area contributed by atoms with Crippen LogP contribution in [0.4, 0.5) is 5.13 Å². The van der Waals surface area contributed by atoms with Crippen LogP contribution < -0.4 is 15.6 Å². The van der Waals surface area contributed by atoms with Gasteiger partial charge < -0.3 is 4.74 Å². The molecule has 10 heteroatoms. The van der Waals surface area contributed by atoms with Crippen molar-refractivity contribution >= 4 is 45.6 Å². The van der Waals surface area contributed by atoms with Gasteiger partial charge in [-0.05, 0) is 36.4 Å². The number of halogens is 2. The summed E-state index contributed by atoms with van der Waals surface area (Å²) < 4.78 is 6.79. The van der Waals surface area contributed by atoms with Crippen molar-refractivity contribution in [2.75, 3.05) is 11.9 Å². The fraction of sp³-hybridized carbons (Fsp3) is 0.0909. The van der Waals surface area contributed by atoms with Gasteiger partial charge in [-0.2, -0.15) is 5.10 Å². The molecule has 2 aromatic heterocycles. The SMILES string of the molecule is O=C(Nc1nc(-c2ccc(Cl)cc2Cl)cs1)c1ccc(=O)n(CCOc2ccccc2)n1. The highest BCUT2D eigenvalue weighted by atomic mass is 35.5. The summed E-state index contributed by atoms with van der Waals surface area (Å²) in [4.78, 5) is 29.1. The van der Waals surface area contributed by atoms with E-state index >= 15 is 0 Å². The van der Waals surface area contributed by atoms with Crippen molar-refractivity contribution in [3.63, 3.8) is 0 Å². The van der Waals surface area contributed by atoms with E-state index in [1.54, 1.807) is 23.6 Å². The number of anilines is 1. The number of benzene rings is 2. The predicted octanol–water partition coefficient (Wildman–Crippen LogP) is 5.00. The fourth-order valence-electron chi connectivity index (χ4n) is 2.81. The first-order valence-electron chi connectivity index (χ1n) is 9.48.